The van der Waals surface area contributed by atoms with Crippen LogP contribution in [0.5, 0.6) is 0 Å². The highest BCUT2D eigenvalue weighted by atomic mass is 16.2. The fourth-order valence-electron chi connectivity index (χ4n) is 1.38. The van der Waals surface area contributed by atoms with E-state index in [1.54, 1.807) is 12.1 Å². The number of fused-ring (bicyclic) bond motifs is 1. The quantitative estimate of drug-likeness (QED) is 0.495. The van der Waals surface area contributed by atoms with Gasteiger partial charge in [0.15, 0.2) is 0 Å². The number of nitrogens with two attached hydrogens (primary N) is 1. The molecular formula is C10H12N2O2. The third-order valence-corrected chi connectivity index (χ3v) is 2.11. The van der Waals surface area contributed by atoms with Crippen molar-refractivity contribution >= 4 is 17.5 Å². The second-order valence-corrected chi connectivity index (χ2v) is 2.97. The molecule has 1 aliphatic rings. The van der Waals surface area contributed by atoms with Crippen LogP contribution in [0.15, 0.2) is 18.2 Å². The van der Waals surface area contributed by atoms with Gasteiger partial charge in [-0.15, -0.1) is 0 Å². The Morgan fingerprint density at radius 3 is 2.36 bits per heavy atom. The number of benzene rings is 1. The Kier molecular flexibility index (Phi) is 2.30. The molecule has 1 aromatic carbocycles. The highest BCUT2D eigenvalue weighted by molar-refractivity contribution is 6.21. The van der Waals surface area contributed by atoms with Crippen molar-refractivity contribution in [1.82, 2.24) is 4.90 Å². The predicted octanol–water partition coefficient (Wildman–Crippen LogP) is 1.13. The van der Waals surface area contributed by atoms with E-state index in [0.29, 0.717) is 16.8 Å². The van der Waals surface area contributed by atoms with Crippen LogP contribution in [-0.2, 0) is 0 Å². The van der Waals surface area contributed by atoms with E-state index in [2.05, 4.69) is 0 Å². The zero-order valence-corrected chi connectivity index (χ0v) is 7.07. The second kappa shape index (κ2) is 3.14. The molecule has 0 fully saturated rings. The summed E-state index contributed by atoms with van der Waals surface area (Å²) >= 11 is 0. The van der Waals surface area contributed by atoms with E-state index in [0.717, 1.165) is 4.90 Å². The molecule has 0 aliphatic carbocycles. The number of anilines is 1. The minimum absolute atomic E-state index is 0. The van der Waals surface area contributed by atoms with Gasteiger partial charge in [-0.2, -0.15) is 0 Å². The molecule has 1 aromatic rings. The number of imide groups is 1. The summed E-state index contributed by atoms with van der Waals surface area (Å²) in [5.41, 5.74) is 6.83. The van der Waals surface area contributed by atoms with Gasteiger partial charge in [-0.3, -0.25) is 14.5 Å². The summed E-state index contributed by atoms with van der Waals surface area (Å²) in [4.78, 5) is 23.9. The Hall–Kier alpha value is -1.84. The smallest absolute Gasteiger partial charge is 0.261 e. The molecule has 0 aromatic heterocycles. The van der Waals surface area contributed by atoms with Crippen molar-refractivity contribution in [3.05, 3.63) is 29.3 Å². The van der Waals surface area contributed by atoms with Crippen molar-refractivity contribution < 1.29 is 9.59 Å². The monoisotopic (exact) mass is 192 g/mol. The Labute approximate surface area is 82.3 Å². The fraction of sp³-hybridized carbons (Fsp3) is 0.200. The number of rotatable bonds is 0. The van der Waals surface area contributed by atoms with Crippen molar-refractivity contribution in [3.8, 4) is 0 Å². The normalized spacial score (nSPS) is 13.9. The average Bonchev–Trinajstić information content (AvgIpc) is 2.32. The molecule has 2 N–H and O–H groups in total. The van der Waals surface area contributed by atoms with Gasteiger partial charge in [0.1, 0.15) is 0 Å². The molecule has 1 heterocycles. The van der Waals surface area contributed by atoms with Crippen molar-refractivity contribution in [3.63, 3.8) is 0 Å². The first-order valence-electron chi connectivity index (χ1n) is 3.83. The van der Waals surface area contributed by atoms with E-state index in [4.69, 9.17) is 5.73 Å². The van der Waals surface area contributed by atoms with Gasteiger partial charge in [-0.25, -0.2) is 0 Å². The number of hydrogen-bond acceptors (Lipinski definition) is 3. The van der Waals surface area contributed by atoms with Gasteiger partial charge in [0.2, 0.25) is 0 Å². The zero-order chi connectivity index (χ0) is 9.59. The van der Waals surface area contributed by atoms with Gasteiger partial charge in [0.25, 0.3) is 11.8 Å². The predicted molar refractivity (Wildman–Crippen MR) is 54.0 cm³/mol. The molecule has 4 heteroatoms. The van der Waals surface area contributed by atoms with Crippen LogP contribution >= 0.6 is 0 Å². The lowest BCUT2D eigenvalue weighted by Gasteiger charge is -2.02. The number of nitrogen functional groups attached to an aromatic ring is 1. The molecule has 2 rings (SSSR count). The van der Waals surface area contributed by atoms with Crippen LogP contribution < -0.4 is 5.73 Å². The van der Waals surface area contributed by atoms with E-state index in [-0.39, 0.29) is 19.2 Å². The third kappa shape index (κ3) is 1.16. The van der Waals surface area contributed by atoms with E-state index in [1.165, 1.54) is 13.1 Å². The van der Waals surface area contributed by atoms with Gasteiger partial charge in [-0.1, -0.05) is 7.43 Å². The molecule has 0 saturated carbocycles. The zero-order valence-electron chi connectivity index (χ0n) is 7.07. The summed E-state index contributed by atoms with van der Waals surface area (Å²) in [6.45, 7) is 0. The average molecular weight is 192 g/mol. The Balaban J connectivity index is 0.000000980. The first kappa shape index (κ1) is 10.2. The lowest BCUT2D eigenvalue weighted by atomic mass is 10.1. The summed E-state index contributed by atoms with van der Waals surface area (Å²) in [5.74, 6) is -0.549. The second-order valence-electron chi connectivity index (χ2n) is 2.97. The topological polar surface area (TPSA) is 63.4 Å². The van der Waals surface area contributed by atoms with Crippen molar-refractivity contribution in [2.24, 2.45) is 0 Å². The number of carbonyl (C=O) groups excluding carboxylic acids is 2. The van der Waals surface area contributed by atoms with E-state index < -0.39 is 0 Å². The third-order valence-electron chi connectivity index (χ3n) is 2.11. The van der Waals surface area contributed by atoms with Crippen LogP contribution in [0.4, 0.5) is 5.69 Å². The number of hydrogen-bond donors (Lipinski definition) is 1. The van der Waals surface area contributed by atoms with Crippen molar-refractivity contribution in [2.75, 3.05) is 12.8 Å². The van der Waals surface area contributed by atoms with E-state index in [9.17, 15) is 9.59 Å². The minimum Gasteiger partial charge on any atom is -0.399 e. The maximum absolute atomic E-state index is 11.4. The summed E-state index contributed by atoms with van der Waals surface area (Å²) in [6, 6.07) is 4.72. The van der Waals surface area contributed by atoms with E-state index in [1.807, 2.05) is 0 Å². The van der Waals surface area contributed by atoms with Crippen molar-refractivity contribution in [1.29, 1.82) is 0 Å². The highest BCUT2D eigenvalue weighted by Crippen LogP contribution is 2.23. The van der Waals surface area contributed by atoms with Crippen LogP contribution in [0.2, 0.25) is 0 Å². The lowest BCUT2D eigenvalue weighted by Crippen LogP contribution is -2.24. The van der Waals surface area contributed by atoms with Gasteiger partial charge < -0.3 is 5.73 Å². The van der Waals surface area contributed by atoms with Gasteiger partial charge in [-0.05, 0) is 18.2 Å². The number of amides is 2. The largest absolute Gasteiger partial charge is 0.399 e. The maximum Gasteiger partial charge on any atom is 0.261 e. The minimum atomic E-state index is -0.285. The van der Waals surface area contributed by atoms with Crippen molar-refractivity contribution in [2.45, 2.75) is 7.43 Å². The molecule has 0 saturated heterocycles. The van der Waals surface area contributed by atoms with Crippen LogP contribution in [0, 0.1) is 0 Å². The molecule has 4 nitrogen and oxygen atoms in total. The standard InChI is InChI=1S/C9H8N2O2.CH4/c1-11-8(12)6-3-2-5(10)4-7(6)9(11)13;/h2-4H,10H2,1H3;1H4. The van der Waals surface area contributed by atoms with Gasteiger partial charge >= 0.3 is 0 Å². The summed E-state index contributed by atoms with van der Waals surface area (Å²) in [5, 5.41) is 0. The number of nitrogens with zero attached hydrogens (tertiary/aromatic N) is 1. The Morgan fingerprint density at radius 1 is 1.14 bits per heavy atom. The fourth-order valence-corrected chi connectivity index (χ4v) is 1.38. The molecule has 0 spiro atoms. The molecule has 0 bridgehead atoms. The summed E-state index contributed by atoms with van der Waals surface area (Å²) in [7, 11) is 1.46. The van der Waals surface area contributed by atoms with Crippen LogP contribution in [0.1, 0.15) is 28.1 Å². The lowest BCUT2D eigenvalue weighted by molar-refractivity contribution is 0.0693. The molecule has 0 atom stereocenters. The Bertz CT molecular complexity index is 413. The van der Waals surface area contributed by atoms with Gasteiger partial charge in [0.05, 0.1) is 11.1 Å². The molecule has 2 amide bonds. The first-order chi connectivity index (χ1) is 6.11. The molecular weight excluding hydrogens is 180 g/mol. The summed E-state index contributed by atoms with van der Waals surface area (Å²) < 4.78 is 0. The van der Waals surface area contributed by atoms with E-state index >= 15 is 0 Å². The molecule has 14 heavy (non-hydrogen) atoms. The molecule has 0 radical (unpaired) electrons. The molecule has 0 unspecified atom stereocenters. The van der Waals surface area contributed by atoms with Crippen LogP contribution in [-0.4, -0.2) is 23.8 Å². The first-order valence-corrected chi connectivity index (χ1v) is 3.83. The number of carbonyl (C=O) groups is 2. The summed E-state index contributed by atoms with van der Waals surface area (Å²) in [6.07, 6.45) is 0. The van der Waals surface area contributed by atoms with Gasteiger partial charge in [0, 0.05) is 12.7 Å². The maximum atomic E-state index is 11.4. The molecule has 1 aliphatic heterocycles. The van der Waals surface area contributed by atoms with Crippen LogP contribution in [0.3, 0.4) is 0 Å². The highest BCUT2D eigenvalue weighted by Gasteiger charge is 2.32. The SMILES string of the molecule is C.CN1C(=O)c2ccc(N)cc2C1=O. The Morgan fingerprint density at radius 2 is 1.71 bits per heavy atom. The molecule has 74 valence electrons. The van der Waals surface area contributed by atoms with Crippen LogP contribution in [0.25, 0.3) is 0 Å².